The maximum atomic E-state index is 12.2. The summed E-state index contributed by atoms with van der Waals surface area (Å²) in [7, 11) is 0. The van der Waals surface area contributed by atoms with Gasteiger partial charge < -0.3 is 15.5 Å². The Morgan fingerprint density at radius 2 is 1.08 bits per heavy atom. The first-order valence-electron chi connectivity index (χ1n) is 15.4. The molecule has 0 aliphatic heterocycles. The van der Waals surface area contributed by atoms with Crippen molar-refractivity contribution in [3.05, 3.63) is 48.6 Å². The standard InChI is InChI=1S/C33H59NO3/c1-3-5-7-9-11-13-15-16-17-18-19-20-22-24-26-28-32(36)31(30-35)34-33(37)29-27-25-23-21-14-12-10-8-6-4-2/h10,12,15-16,19-20,26,28,31-32,35-36H,3-9,11,13-14,17-18,21-25,27,29-30H2,1-2H3,(H,34,37)/b12-10-,16-15+,20-19+,28-26+. The molecule has 4 nitrogen and oxygen atoms in total. The molecule has 0 aliphatic rings. The third-order valence-corrected chi connectivity index (χ3v) is 6.51. The lowest BCUT2D eigenvalue weighted by Gasteiger charge is -2.19. The summed E-state index contributed by atoms with van der Waals surface area (Å²) < 4.78 is 0. The first kappa shape index (κ1) is 35.4. The van der Waals surface area contributed by atoms with E-state index in [9.17, 15) is 15.0 Å². The summed E-state index contributed by atoms with van der Waals surface area (Å²) in [6.07, 6.45) is 37.5. The highest BCUT2D eigenvalue weighted by Crippen LogP contribution is 2.08. The van der Waals surface area contributed by atoms with Crippen LogP contribution in [-0.2, 0) is 4.79 Å². The smallest absolute Gasteiger partial charge is 0.220 e. The molecule has 0 rings (SSSR count). The van der Waals surface area contributed by atoms with Gasteiger partial charge in [-0.05, 0) is 64.2 Å². The fourth-order valence-corrected chi connectivity index (χ4v) is 4.07. The van der Waals surface area contributed by atoms with Gasteiger partial charge >= 0.3 is 0 Å². The first-order valence-corrected chi connectivity index (χ1v) is 15.4. The number of hydrogen-bond donors (Lipinski definition) is 3. The number of rotatable bonds is 26. The molecule has 0 saturated carbocycles. The van der Waals surface area contributed by atoms with Gasteiger partial charge in [-0.1, -0.05) is 114 Å². The Balaban J connectivity index is 3.82. The van der Waals surface area contributed by atoms with Gasteiger partial charge in [0.2, 0.25) is 5.91 Å². The normalized spacial score (nSPS) is 13.9. The van der Waals surface area contributed by atoms with Gasteiger partial charge in [0, 0.05) is 6.42 Å². The van der Waals surface area contributed by atoms with Crippen LogP contribution in [0.4, 0.5) is 0 Å². The van der Waals surface area contributed by atoms with Crippen molar-refractivity contribution in [1.29, 1.82) is 0 Å². The first-order chi connectivity index (χ1) is 18.2. The number of unbranched alkanes of at least 4 members (excludes halogenated alkanes) is 13. The Kier molecular flexibility index (Phi) is 27.6. The van der Waals surface area contributed by atoms with E-state index in [4.69, 9.17) is 0 Å². The predicted molar refractivity (Wildman–Crippen MR) is 161 cm³/mol. The van der Waals surface area contributed by atoms with Crippen LogP contribution in [0.1, 0.15) is 136 Å². The summed E-state index contributed by atoms with van der Waals surface area (Å²) >= 11 is 0. The third-order valence-electron chi connectivity index (χ3n) is 6.51. The molecule has 0 aliphatic carbocycles. The van der Waals surface area contributed by atoms with Gasteiger partial charge in [0.1, 0.15) is 0 Å². The highest BCUT2D eigenvalue weighted by Gasteiger charge is 2.17. The Labute approximate surface area is 229 Å². The highest BCUT2D eigenvalue weighted by molar-refractivity contribution is 5.76. The van der Waals surface area contributed by atoms with Gasteiger partial charge in [-0.3, -0.25) is 4.79 Å². The van der Waals surface area contributed by atoms with Crippen LogP contribution in [0.25, 0.3) is 0 Å². The molecule has 0 bridgehead atoms. The van der Waals surface area contributed by atoms with E-state index in [0.717, 1.165) is 51.4 Å². The Morgan fingerprint density at radius 1 is 0.622 bits per heavy atom. The van der Waals surface area contributed by atoms with Crippen LogP contribution in [0.2, 0.25) is 0 Å². The van der Waals surface area contributed by atoms with Crippen LogP contribution >= 0.6 is 0 Å². The van der Waals surface area contributed by atoms with E-state index in [1.165, 1.54) is 64.2 Å². The summed E-state index contributed by atoms with van der Waals surface area (Å²) in [5, 5.41) is 22.7. The van der Waals surface area contributed by atoms with E-state index in [2.05, 4.69) is 55.6 Å². The summed E-state index contributed by atoms with van der Waals surface area (Å²) in [6.45, 7) is 4.19. The van der Waals surface area contributed by atoms with Crippen LogP contribution in [-0.4, -0.2) is 34.9 Å². The van der Waals surface area contributed by atoms with Gasteiger partial charge in [0.05, 0.1) is 18.8 Å². The molecule has 0 aromatic rings. The van der Waals surface area contributed by atoms with Gasteiger partial charge in [0.15, 0.2) is 0 Å². The molecule has 0 fully saturated rings. The van der Waals surface area contributed by atoms with Gasteiger partial charge in [-0.2, -0.15) is 0 Å². The topological polar surface area (TPSA) is 69.6 Å². The third kappa shape index (κ3) is 25.8. The van der Waals surface area contributed by atoms with Crippen molar-refractivity contribution in [2.75, 3.05) is 6.61 Å². The van der Waals surface area contributed by atoms with Crippen LogP contribution in [0, 0.1) is 0 Å². The van der Waals surface area contributed by atoms with E-state index >= 15 is 0 Å². The predicted octanol–water partition coefficient (Wildman–Crippen LogP) is 8.50. The van der Waals surface area contributed by atoms with Crippen molar-refractivity contribution in [3.63, 3.8) is 0 Å². The molecule has 0 spiro atoms. The lowest BCUT2D eigenvalue weighted by atomic mass is 10.1. The Bertz CT molecular complexity index is 609. The minimum absolute atomic E-state index is 0.0977. The number of allylic oxidation sites excluding steroid dienone is 7. The monoisotopic (exact) mass is 517 g/mol. The fraction of sp³-hybridized carbons (Fsp3) is 0.727. The molecule has 0 aromatic carbocycles. The van der Waals surface area contributed by atoms with Crippen LogP contribution in [0.3, 0.4) is 0 Å². The van der Waals surface area contributed by atoms with Gasteiger partial charge in [-0.15, -0.1) is 0 Å². The molecule has 2 unspecified atom stereocenters. The van der Waals surface area contributed by atoms with Crippen LogP contribution < -0.4 is 5.32 Å². The Hall–Kier alpha value is -1.65. The lowest BCUT2D eigenvalue weighted by Crippen LogP contribution is -2.45. The SMILES string of the molecule is CCCC/C=C\CCCCCCC(=O)NC(CO)C(O)/C=C/CC/C=C/CC/C=C/CCCCCCC. The molecule has 0 saturated heterocycles. The molecule has 4 heteroatoms. The molecule has 214 valence electrons. The molecule has 37 heavy (non-hydrogen) atoms. The van der Waals surface area contributed by atoms with Gasteiger partial charge in [0.25, 0.3) is 0 Å². The number of nitrogens with one attached hydrogen (secondary N) is 1. The fourth-order valence-electron chi connectivity index (χ4n) is 4.07. The van der Waals surface area contributed by atoms with Crippen molar-refractivity contribution < 1.29 is 15.0 Å². The zero-order valence-electron chi connectivity index (χ0n) is 24.2. The summed E-state index contributed by atoms with van der Waals surface area (Å²) in [6, 6.07) is -0.647. The number of carbonyl (C=O) groups is 1. The van der Waals surface area contributed by atoms with E-state index in [1.807, 2.05) is 6.08 Å². The molecule has 0 radical (unpaired) electrons. The molecule has 3 N–H and O–H groups in total. The number of aliphatic hydroxyl groups is 2. The zero-order chi connectivity index (χ0) is 27.2. The van der Waals surface area contributed by atoms with Crippen LogP contribution in [0.15, 0.2) is 48.6 Å². The molecular formula is C33H59NO3. The van der Waals surface area contributed by atoms with Crippen molar-refractivity contribution in [2.24, 2.45) is 0 Å². The van der Waals surface area contributed by atoms with Gasteiger partial charge in [-0.25, -0.2) is 0 Å². The number of carbonyl (C=O) groups excluding carboxylic acids is 1. The van der Waals surface area contributed by atoms with Crippen molar-refractivity contribution >= 4 is 5.91 Å². The molecular weight excluding hydrogens is 458 g/mol. The van der Waals surface area contributed by atoms with E-state index in [-0.39, 0.29) is 12.5 Å². The molecule has 2 atom stereocenters. The second kappa shape index (κ2) is 28.9. The average molecular weight is 518 g/mol. The molecule has 0 aromatic heterocycles. The van der Waals surface area contributed by atoms with E-state index in [1.54, 1.807) is 6.08 Å². The zero-order valence-corrected chi connectivity index (χ0v) is 24.2. The maximum absolute atomic E-state index is 12.2. The van der Waals surface area contributed by atoms with Crippen molar-refractivity contribution in [3.8, 4) is 0 Å². The number of hydrogen-bond acceptors (Lipinski definition) is 3. The largest absolute Gasteiger partial charge is 0.394 e. The number of aliphatic hydroxyl groups excluding tert-OH is 2. The second-order valence-corrected chi connectivity index (χ2v) is 10.1. The maximum Gasteiger partial charge on any atom is 0.220 e. The van der Waals surface area contributed by atoms with Crippen LogP contribution in [0.5, 0.6) is 0 Å². The molecule has 0 heterocycles. The average Bonchev–Trinajstić information content (AvgIpc) is 2.90. The summed E-state index contributed by atoms with van der Waals surface area (Å²) in [4.78, 5) is 12.2. The Morgan fingerprint density at radius 3 is 1.62 bits per heavy atom. The summed E-state index contributed by atoms with van der Waals surface area (Å²) in [5.41, 5.74) is 0. The van der Waals surface area contributed by atoms with E-state index in [0.29, 0.717) is 6.42 Å². The minimum Gasteiger partial charge on any atom is -0.394 e. The van der Waals surface area contributed by atoms with Crippen molar-refractivity contribution in [2.45, 2.75) is 148 Å². The second-order valence-electron chi connectivity index (χ2n) is 10.1. The lowest BCUT2D eigenvalue weighted by molar-refractivity contribution is -0.123. The summed E-state index contributed by atoms with van der Waals surface area (Å²) in [5.74, 6) is -0.0977. The number of amides is 1. The van der Waals surface area contributed by atoms with E-state index < -0.39 is 12.1 Å². The highest BCUT2D eigenvalue weighted by atomic mass is 16.3. The minimum atomic E-state index is -0.871. The quantitative estimate of drug-likeness (QED) is 0.0795. The van der Waals surface area contributed by atoms with Crippen molar-refractivity contribution in [1.82, 2.24) is 5.32 Å². The molecule has 1 amide bonds.